The molecule has 2 aliphatic rings. The Balaban J connectivity index is 0.000000183. The average Bonchev–Trinajstić information content (AvgIpc) is 3.79. The first-order valence-electron chi connectivity index (χ1n) is 16.9. The molecule has 0 atom stereocenters. The van der Waals surface area contributed by atoms with E-state index >= 15 is 0 Å². The lowest BCUT2D eigenvalue weighted by Crippen LogP contribution is -2.43. The summed E-state index contributed by atoms with van der Waals surface area (Å²) in [4.78, 5) is 34.4. The number of carbonyl (C=O) groups is 2. The van der Waals surface area contributed by atoms with Crippen LogP contribution >= 0.6 is 15.9 Å². The molecular formula is C38H31BBrF8N6O4. The van der Waals surface area contributed by atoms with E-state index in [-0.39, 0.29) is 50.6 Å². The molecule has 2 aromatic carbocycles. The zero-order valence-corrected chi connectivity index (χ0v) is 32.1. The van der Waals surface area contributed by atoms with Gasteiger partial charge < -0.3 is 23.7 Å². The second-order valence-corrected chi connectivity index (χ2v) is 13.7. The lowest BCUT2D eigenvalue weighted by atomic mass is 9.94. The summed E-state index contributed by atoms with van der Waals surface area (Å²) in [5, 5.41) is 0. The molecule has 0 aliphatic carbocycles. The lowest BCUT2D eigenvalue weighted by molar-refractivity contribution is -0.141. The lowest BCUT2D eigenvalue weighted by Gasteiger charge is -2.30. The summed E-state index contributed by atoms with van der Waals surface area (Å²) >= 11 is 3.28. The summed E-state index contributed by atoms with van der Waals surface area (Å²) < 4.78 is 116. The first kappa shape index (κ1) is 43.5. The molecule has 303 valence electrons. The van der Waals surface area contributed by atoms with Crippen LogP contribution in [0.2, 0.25) is 0 Å². The number of nitrogens with zero attached hydrogens (tertiary/aromatic N) is 6. The average molecular weight is 878 g/mol. The summed E-state index contributed by atoms with van der Waals surface area (Å²) in [5.41, 5.74) is 4.06. The Hall–Kier alpha value is -5.66. The SMILES string of the molecule is COc1cc(-c2cnc3cc(F)ccn23)cc2c1C(=O)N(CC(F)(F)F)CC2.COc1cc(Br)cc2c1C(=O)N(CC(F)(F)F)CC2.Fc1ccn2ccnc2c1.[B]. The maximum atomic E-state index is 13.4. The molecule has 0 bridgehead atoms. The molecule has 10 nitrogen and oxygen atoms in total. The van der Waals surface area contributed by atoms with Crippen LogP contribution in [-0.2, 0) is 12.8 Å². The molecule has 20 heteroatoms. The highest BCUT2D eigenvalue weighted by molar-refractivity contribution is 9.10. The standard InChI is InChI=1S/C19H15F4N3O2.C12H11BrF3NO2.C7H5FN2.B/c1-28-15-7-12(14-9-24-16-8-13(20)3-5-26(14)16)6-11-2-4-25(10-19(21,22)23)18(27)17(11)15;1-19-9-5-8(13)4-7-2-3-17(6-12(14,15)16)11(18)10(7)9;8-6-1-3-10-4-2-9-7(10)5-6;/h3,5-9H,2,4,10H2,1H3;4-5H,2-3,6H2,1H3;1-5H;. The number of aromatic nitrogens is 4. The Bertz CT molecular complexity index is 2420. The Labute approximate surface area is 335 Å². The zero-order valence-electron chi connectivity index (χ0n) is 30.5. The van der Waals surface area contributed by atoms with E-state index in [1.807, 2.05) is 0 Å². The van der Waals surface area contributed by atoms with Gasteiger partial charge in [-0.2, -0.15) is 26.3 Å². The number of carbonyl (C=O) groups excluding carboxylic acids is 2. The van der Waals surface area contributed by atoms with Crippen molar-refractivity contribution in [1.82, 2.24) is 28.6 Å². The smallest absolute Gasteiger partial charge is 0.406 e. The summed E-state index contributed by atoms with van der Waals surface area (Å²) in [6.07, 6.45) is -0.0611. The van der Waals surface area contributed by atoms with Crippen molar-refractivity contribution in [3.8, 4) is 22.8 Å². The van der Waals surface area contributed by atoms with E-state index in [1.165, 1.54) is 44.7 Å². The highest BCUT2D eigenvalue weighted by atomic mass is 79.9. The molecule has 0 fully saturated rings. The number of alkyl halides is 6. The number of ether oxygens (including phenoxy) is 2. The molecule has 58 heavy (non-hydrogen) atoms. The molecular weight excluding hydrogens is 847 g/mol. The van der Waals surface area contributed by atoms with E-state index in [0.29, 0.717) is 45.8 Å². The third-order valence-corrected chi connectivity index (χ3v) is 9.41. The minimum Gasteiger partial charge on any atom is -0.496 e. The highest BCUT2D eigenvalue weighted by Crippen LogP contribution is 2.36. The Kier molecular flexibility index (Phi) is 13.1. The molecule has 6 heterocycles. The van der Waals surface area contributed by atoms with Crippen LogP contribution in [0.15, 0.2) is 84.0 Å². The van der Waals surface area contributed by atoms with Gasteiger partial charge in [-0.1, -0.05) is 15.9 Å². The summed E-state index contributed by atoms with van der Waals surface area (Å²) in [6, 6.07) is 12.0. The van der Waals surface area contributed by atoms with Crippen molar-refractivity contribution in [3.63, 3.8) is 0 Å². The van der Waals surface area contributed by atoms with Crippen molar-refractivity contribution in [1.29, 1.82) is 0 Å². The van der Waals surface area contributed by atoms with Crippen molar-refractivity contribution in [2.75, 3.05) is 40.4 Å². The molecule has 4 aromatic heterocycles. The molecule has 3 radical (unpaired) electrons. The van der Waals surface area contributed by atoms with E-state index in [9.17, 15) is 44.7 Å². The van der Waals surface area contributed by atoms with Crippen molar-refractivity contribution < 1.29 is 54.2 Å². The number of imidazole rings is 2. The summed E-state index contributed by atoms with van der Waals surface area (Å²) in [6.45, 7) is -2.50. The predicted molar refractivity (Wildman–Crippen MR) is 200 cm³/mol. The van der Waals surface area contributed by atoms with Crippen molar-refractivity contribution in [3.05, 3.63) is 118 Å². The van der Waals surface area contributed by atoms with Crippen LogP contribution < -0.4 is 9.47 Å². The Morgan fingerprint density at radius 3 is 1.81 bits per heavy atom. The topological polar surface area (TPSA) is 93.7 Å². The van der Waals surface area contributed by atoms with Crippen molar-refractivity contribution in [2.45, 2.75) is 25.2 Å². The van der Waals surface area contributed by atoms with Crippen LogP contribution in [0.1, 0.15) is 31.8 Å². The number of hydrogen-bond acceptors (Lipinski definition) is 6. The van der Waals surface area contributed by atoms with Gasteiger partial charge >= 0.3 is 12.4 Å². The monoisotopic (exact) mass is 877 g/mol. The number of rotatable bonds is 5. The third-order valence-electron chi connectivity index (χ3n) is 8.95. The van der Waals surface area contributed by atoms with E-state index < -0.39 is 43.1 Å². The summed E-state index contributed by atoms with van der Waals surface area (Å²) in [5.74, 6) is -1.52. The minimum atomic E-state index is -4.47. The fourth-order valence-corrected chi connectivity index (χ4v) is 6.96. The fourth-order valence-electron chi connectivity index (χ4n) is 6.48. The van der Waals surface area contributed by atoms with Crippen LogP contribution in [0, 0.1) is 11.6 Å². The maximum absolute atomic E-state index is 13.4. The van der Waals surface area contributed by atoms with Crippen LogP contribution in [0.4, 0.5) is 35.1 Å². The fraction of sp³-hybridized carbons (Fsp3) is 0.263. The van der Waals surface area contributed by atoms with Gasteiger partial charge in [-0.3, -0.25) is 14.0 Å². The second kappa shape index (κ2) is 17.5. The number of methoxy groups -OCH3 is 2. The van der Waals surface area contributed by atoms with Gasteiger partial charge in [0, 0.05) is 68.5 Å². The molecule has 0 unspecified atom stereocenters. The van der Waals surface area contributed by atoms with E-state index in [0.717, 1.165) is 14.3 Å². The largest absolute Gasteiger partial charge is 0.496 e. The van der Waals surface area contributed by atoms with Gasteiger partial charge in [0.25, 0.3) is 11.8 Å². The van der Waals surface area contributed by atoms with Crippen LogP contribution in [0.5, 0.6) is 11.5 Å². The highest BCUT2D eigenvalue weighted by Gasteiger charge is 2.38. The van der Waals surface area contributed by atoms with Crippen LogP contribution in [0.3, 0.4) is 0 Å². The van der Waals surface area contributed by atoms with E-state index in [1.54, 1.807) is 57.9 Å². The Morgan fingerprint density at radius 1 is 0.707 bits per heavy atom. The number of amides is 2. The first-order valence-corrected chi connectivity index (χ1v) is 17.7. The van der Waals surface area contributed by atoms with Crippen LogP contribution in [0.25, 0.3) is 22.6 Å². The molecule has 0 saturated heterocycles. The number of fused-ring (bicyclic) bond motifs is 4. The van der Waals surface area contributed by atoms with Gasteiger partial charge in [0.1, 0.15) is 47.5 Å². The quantitative estimate of drug-likeness (QED) is 0.130. The minimum absolute atomic E-state index is 0. The summed E-state index contributed by atoms with van der Waals surface area (Å²) in [7, 11) is 2.75. The molecule has 2 amide bonds. The number of pyridine rings is 2. The third kappa shape index (κ3) is 9.89. The first-order chi connectivity index (χ1) is 26.9. The molecule has 0 N–H and O–H groups in total. The van der Waals surface area contributed by atoms with Gasteiger partial charge in [0.05, 0.1) is 37.2 Å². The molecule has 6 aromatic rings. The predicted octanol–water partition coefficient (Wildman–Crippen LogP) is 7.82. The number of benzene rings is 2. The molecule has 0 spiro atoms. The normalized spacial score (nSPS) is 13.8. The molecule has 0 saturated carbocycles. The van der Waals surface area contributed by atoms with Crippen molar-refractivity contribution in [2.24, 2.45) is 0 Å². The number of hydrogen-bond donors (Lipinski definition) is 0. The van der Waals surface area contributed by atoms with Gasteiger partial charge in [0.15, 0.2) is 0 Å². The van der Waals surface area contributed by atoms with Crippen molar-refractivity contribution >= 4 is 47.5 Å². The van der Waals surface area contributed by atoms with E-state index in [4.69, 9.17) is 9.47 Å². The maximum Gasteiger partial charge on any atom is 0.406 e. The molecule has 2 aliphatic heterocycles. The van der Waals surface area contributed by atoms with Gasteiger partial charge in [-0.05, 0) is 60.4 Å². The van der Waals surface area contributed by atoms with Gasteiger partial charge in [0.2, 0.25) is 0 Å². The van der Waals surface area contributed by atoms with Gasteiger partial charge in [-0.25, -0.2) is 18.7 Å². The Morgan fingerprint density at radius 2 is 1.24 bits per heavy atom. The number of halogens is 9. The van der Waals surface area contributed by atoms with E-state index in [2.05, 4.69) is 25.9 Å². The zero-order chi connectivity index (χ0) is 41.2. The van der Waals surface area contributed by atoms with Gasteiger partial charge in [-0.15, -0.1) is 0 Å². The second-order valence-electron chi connectivity index (χ2n) is 12.8. The van der Waals surface area contributed by atoms with Crippen LogP contribution in [-0.4, -0.2) is 102 Å². The molecule has 8 rings (SSSR count).